The Kier molecular flexibility index (Phi) is 6.48. The molecule has 1 aliphatic heterocycles. The minimum absolute atomic E-state index is 0.0232. The monoisotopic (exact) mass is 517 g/mol. The number of carbonyl (C=O) groups excluding carboxylic acids is 1. The topological polar surface area (TPSA) is 90.0 Å². The number of aryl methyl sites for hydroxylation is 2. The lowest BCUT2D eigenvalue weighted by atomic mass is 9.99. The number of carbonyl (C=O) groups is 1. The molecule has 0 spiro atoms. The van der Waals surface area contributed by atoms with Crippen molar-refractivity contribution in [3.8, 4) is 16.8 Å². The molecule has 4 aromatic rings. The van der Waals surface area contributed by atoms with E-state index in [0.717, 1.165) is 49.5 Å². The number of hydrogen-bond acceptors (Lipinski definition) is 6. The number of nitrogens with one attached hydrogen (secondary N) is 1. The van der Waals surface area contributed by atoms with Crippen LogP contribution < -0.4 is 5.32 Å². The molecule has 8 nitrogen and oxygen atoms in total. The van der Waals surface area contributed by atoms with Crippen LogP contribution in [0, 0.1) is 25.7 Å². The first-order chi connectivity index (χ1) is 17.4. The minimum Gasteiger partial charge on any atom is -0.359 e. The number of aromatic nitrogens is 5. The van der Waals surface area contributed by atoms with Crippen LogP contribution in [-0.2, 0) is 11.3 Å². The van der Waals surface area contributed by atoms with E-state index >= 15 is 0 Å². The van der Waals surface area contributed by atoms with Gasteiger partial charge < -0.3 is 5.32 Å². The second-order valence-electron chi connectivity index (χ2n) is 8.50. The summed E-state index contributed by atoms with van der Waals surface area (Å²) in [5.41, 5.74) is 4.75. The fourth-order valence-electron chi connectivity index (χ4n) is 4.12. The molecule has 0 saturated heterocycles. The summed E-state index contributed by atoms with van der Waals surface area (Å²) in [4.78, 5) is 17.5. The van der Waals surface area contributed by atoms with E-state index in [4.69, 9.17) is 16.6 Å². The number of halogens is 1. The van der Waals surface area contributed by atoms with Crippen LogP contribution in [0.4, 0.5) is 0 Å². The maximum Gasteiger partial charge on any atom is 0.221 e. The van der Waals surface area contributed by atoms with E-state index < -0.39 is 0 Å². The Morgan fingerprint density at radius 2 is 1.97 bits per heavy atom. The normalized spacial score (nSPS) is 14.2. The van der Waals surface area contributed by atoms with Crippen LogP contribution in [-0.4, -0.2) is 43.2 Å². The number of benzene rings is 1. The van der Waals surface area contributed by atoms with Gasteiger partial charge in [-0.1, -0.05) is 35.6 Å². The largest absolute Gasteiger partial charge is 0.359 e. The van der Waals surface area contributed by atoms with Gasteiger partial charge in [-0.25, -0.2) is 0 Å². The molecule has 0 fully saturated rings. The molecular formula is C26H24ClN7OS. The first-order valence-corrected chi connectivity index (χ1v) is 12.7. The molecule has 36 heavy (non-hydrogen) atoms. The first kappa shape index (κ1) is 24.0. The van der Waals surface area contributed by atoms with E-state index in [1.165, 1.54) is 0 Å². The Morgan fingerprint density at radius 3 is 2.72 bits per heavy atom. The highest BCUT2D eigenvalue weighted by molar-refractivity contribution is 7.15. The van der Waals surface area contributed by atoms with Gasteiger partial charge in [0.25, 0.3) is 0 Å². The third kappa shape index (κ3) is 4.45. The van der Waals surface area contributed by atoms with E-state index in [2.05, 4.69) is 43.9 Å². The van der Waals surface area contributed by atoms with Crippen molar-refractivity contribution >= 4 is 34.6 Å². The van der Waals surface area contributed by atoms with Crippen molar-refractivity contribution in [1.29, 1.82) is 0 Å². The van der Waals surface area contributed by atoms with Gasteiger partial charge in [-0.3, -0.25) is 19.0 Å². The molecule has 3 aromatic heterocycles. The Hall–Kier alpha value is -3.74. The average molecular weight is 518 g/mol. The van der Waals surface area contributed by atoms with Crippen LogP contribution in [0.5, 0.6) is 0 Å². The fourth-order valence-corrected chi connectivity index (χ4v) is 5.46. The molecule has 182 valence electrons. The van der Waals surface area contributed by atoms with E-state index in [-0.39, 0.29) is 11.9 Å². The molecular weight excluding hydrogens is 494 g/mol. The molecule has 1 atom stereocenters. The maximum atomic E-state index is 11.5. The minimum atomic E-state index is -0.161. The number of rotatable bonds is 4. The number of nitrogens with zero attached hydrogens (tertiary/aromatic N) is 6. The highest BCUT2D eigenvalue weighted by Gasteiger charge is 2.29. The number of aliphatic imine (C=N–C) groups is 1. The Morgan fingerprint density at radius 1 is 1.19 bits per heavy atom. The predicted molar refractivity (Wildman–Crippen MR) is 141 cm³/mol. The summed E-state index contributed by atoms with van der Waals surface area (Å²) in [7, 11) is 1.63. The van der Waals surface area contributed by atoms with Gasteiger partial charge in [0, 0.05) is 42.4 Å². The molecule has 1 aliphatic rings. The van der Waals surface area contributed by atoms with Gasteiger partial charge in [0.2, 0.25) is 5.91 Å². The molecule has 1 N–H and O–H groups in total. The van der Waals surface area contributed by atoms with Crippen molar-refractivity contribution in [3.05, 3.63) is 80.5 Å². The highest BCUT2D eigenvalue weighted by Crippen LogP contribution is 2.38. The molecule has 0 radical (unpaired) electrons. The predicted octanol–water partition coefficient (Wildman–Crippen LogP) is 4.24. The summed E-state index contributed by atoms with van der Waals surface area (Å²) in [6, 6.07) is 7.58. The van der Waals surface area contributed by atoms with Gasteiger partial charge in [0.05, 0.1) is 22.3 Å². The van der Waals surface area contributed by atoms with Gasteiger partial charge in [-0.05, 0) is 38.5 Å². The van der Waals surface area contributed by atoms with Gasteiger partial charge in [-0.15, -0.1) is 21.5 Å². The van der Waals surface area contributed by atoms with E-state index in [0.29, 0.717) is 18.0 Å². The van der Waals surface area contributed by atoms with Gasteiger partial charge in [0.15, 0.2) is 5.82 Å². The first-order valence-electron chi connectivity index (χ1n) is 11.5. The third-order valence-corrected chi connectivity index (χ3v) is 7.48. The molecule has 0 unspecified atom stereocenters. The van der Waals surface area contributed by atoms with Crippen LogP contribution in [0.25, 0.3) is 5.00 Å². The number of fused-ring (bicyclic) bond motifs is 3. The highest BCUT2D eigenvalue weighted by atomic mass is 35.5. The SMILES string of the molecule is CNC(=O)CCn1cc(C#Cc2sc3c(c2C)C(c2ccc(Cl)cc2)=N[C@@H](C)c2nnc(C)n2-3)cn1. The van der Waals surface area contributed by atoms with Gasteiger partial charge in [-0.2, -0.15) is 5.10 Å². The Balaban J connectivity index is 1.57. The Labute approximate surface area is 218 Å². The smallest absolute Gasteiger partial charge is 0.221 e. The molecule has 0 aliphatic carbocycles. The second kappa shape index (κ2) is 9.72. The summed E-state index contributed by atoms with van der Waals surface area (Å²) in [6.45, 7) is 6.56. The number of hydrogen-bond donors (Lipinski definition) is 1. The number of thiophene rings is 1. The van der Waals surface area contributed by atoms with E-state index in [1.54, 1.807) is 29.3 Å². The zero-order valence-corrected chi connectivity index (χ0v) is 21.9. The summed E-state index contributed by atoms with van der Waals surface area (Å²) in [5, 5.41) is 17.4. The van der Waals surface area contributed by atoms with Crippen LogP contribution in [0.2, 0.25) is 5.02 Å². The zero-order valence-electron chi connectivity index (χ0n) is 20.3. The van der Waals surface area contributed by atoms with Crippen LogP contribution in [0.1, 0.15) is 58.2 Å². The van der Waals surface area contributed by atoms with Crippen molar-refractivity contribution < 1.29 is 4.79 Å². The Bertz CT molecular complexity index is 1550. The molecule has 4 heterocycles. The third-order valence-electron chi connectivity index (χ3n) is 6.03. The van der Waals surface area contributed by atoms with Gasteiger partial charge >= 0.3 is 0 Å². The number of amides is 1. The summed E-state index contributed by atoms with van der Waals surface area (Å²) < 4.78 is 3.82. The molecule has 5 rings (SSSR count). The van der Waals surface area contributed by atoms with E-state index in [9.17, 15) is 4.79 Å². The quantitative estimate of drug-likeness (QED) is 0.410. The van der Waals surface area contributed by atoms with Crippen molar-refractivity contribution in [3.63, 3.8) is 0 Å². The lowest BCUT2D eigenvalue weighted by Gasteiger charge is -2.09. The molecule has 10 heteroatoms. The molecule has 0 bridgehead atoms. The summed E-state index contributed by atoms with van der Waals surface area (Å²) in [6.07, 6.45) is 3.94. The van der Waals surface area contributed by atoms with Crippen LogP contribution in [0.15, 0.2) is 41.7 Å². The fraction of sp³-hybridized carbons (Fsp3) is 0.269. The van der Waals surface area contributed by atoms with Gasteiger partial charge in [0.1, 0.15) is 16.9 Å². The average Bonchev–Trinajstić information content (AvgIpc) is 3.55. The van der Waals surface area contributed by atoms with Crippen molar-refractivity contribution in [2.75, 3.05) is 7.05 Å². The lowest BCUT2D eigenvalue weighted by Crippen LogP contribution is -2.19. The summed E-state index contributed by atoms with van der Waals surface area (Å²) >= 11 is 7.77. The van der Waals surface area contributed by atoms with Crippen LogP contribution in [0.3, 0.4) is 0 Å². The standard InChI is InChI=1S/C26H24ClN7OS/c1-15-21(10-5-18-13-29-33(14-18)12-11-22(35)28-4)36-26-23(15)24(19-6-8-20(27)9-7-19)30-16(2)25-32-31-17(3)34(25)26/h6-9,13-14,16H,11-12H2,1-4H3,(H,28,35)/t16-/m0/s1. The van der Waals surface area contributed by atoms with Crippen molar-refractivity contribution in [2.24, 2.45) is 4.99 Å². The maximum absolute atomic E-state index is 11.5. The zero-order chi connectivity index (χ0) is 25.4. The molecule has 0 saturated carbocycles. The summed E-state index contributed by atoms with van der Waals surface area (Å²) in [5.74, 6) is 8.15. The second-order valence-corrected chi connectivity index (χ2v) is 9.94. The molecule has 1 aromatic carbocycles. The molecule has 1 amide bonds. The van der Waals surface area contributed by atoms with Crippen molar-refractivity contribution in [1.82, 2.24) is 29.9 Å². The lowest BCUT2D eigenvalue weighted by molar-refractivity contribution is -0.120. The van der Waals surface area contributed by atoms with Crippen molar-refractivity contribution in [2.45, 2.75) is 39.8 Å². The van der Waals surface area contributed by atoms with Crippen LogP contribution >= 0.6 is 22.9 Å². The van der Waals surface area contributed by atoms with E-state index in [1.807, 2.05) is 44.3 Å².